The average molecular weight is 206 g/mol. The predicted octanol–water partition coefficient (Wildman–Crippen LogP) is 3.92. The molecule has 0 spiro atoms. The Bertz CT molecular complexity index is 284. The molecule has 13 heavy (non-hydrogen) atoms. The Morgan fingerprint density at radius 2 is 1.46 bits per heavy atom. The molecular weight excluding hydrogens is 197 g/mol. The summed E-state index contributed by atoms with van der Waals surface area (Å²) in [4.78, 5) is 0.255. The summed E-state index contributed by atoms with van der Waals surface area (Å²) in [5.41, 5.74) is -2.49. The molecule has 0 bridgehead atoms. The number of rotatable bonds is 1. The number of hydrogen-bond donors (Lipinski definition) is 0. The molecule has 0 aromatic heterocycles. The smallest absolute Gasteiger partial charge is 0.160 e. The fraction of sp³-hybridized carbons (Fsp3) is 0.333. The van der Waals surface area contributed by atoms with Gasteiger partial charge in [0.05, 0.1) is 0 Å². The van der Waals surface area contributed by atoms with Crippen LogP contribution in [0.15, 0.2) is 23.1 Å². The van der Waals surface area contributed by atoms with Crippen LogP contribution in [0, 0.1) is 13.8 Å². The van der Waals surface area contributed by atoms with Gasteiger partial charge < -0.3 is 0 Å². The first kappa shape index (κ1) is 10.4. The van der Waals surface area contributed by atoms with Crippen molar-refractivity contribution in [3.05, 3.63) is 29.3 Å². The molecule has 1 rings (SSSR count). The second-order valence-electron chi connectivity index (χ2n) is 2.87. The summed E-state index contributed by atoms with van der Waals surface area (Å²) >= 11 is -0.0709. The van der Waals surface area contributed by atoms with Gasteiger partial charge in [0.1, 0.15) is 0 Å². The molecule has 0 amide bonds. The number of benzene rings is 1. The molecule has 0 saturated heterocycles. The van der Waals surface area contributed by atoms with Gasteiger partial charge in [-0.25, -0.2) is 0 Å². The molecule has 4 heteroatoms. The topological polar surface area (TPSA) is 0 Å². The SMILES string of the molecule is Cc1cc(C)cc(SC(F)(F)F)c1. The molecule has 0 fully saturated rings. The van der Waals surface area contributed by atoms with Gasteiger partial charge in [-0.05, 0) is 48.9 Å². The van der Waals surface area contributed by atoms with E-state index in [2.05, 4.69) is 0 Å². The van der Waals surface area contributed by atoms with Gasteiger partial charge in [0.2, 0.25) is 0 Å². The van der Waals surface area contributed by atoms with Crippen molar-refractivity contribution >= 4 is 11.8 Å². The largest absolute Gasteiger partial charge is 0.446 e. The van der Waals surface area contributed by atoms with Gasteiger partial charge >= 0.3 is 5.51 Å². The van der Waals surface area contributed by atoms with Crippen LogP contribution in [0.3, 0.4) is 0 Å². The fourth-order valence-corrected chi connectivity index (χ4v) is 1.88. The normalized spacial score (nSPS) is 11.8. The molecule has 1 aromatic rings. The number of aryl methyl sites for hydroxylation is 2. The van der Waals surface area contributed by atoms with Crippen molar-refractivity contribution in [2.45, 2.75) is 24.3 Å². The van der Waals surface area contributed by atoms with E-state index in [4.69, 9.17) is 0 Å². The minimum atomic E-state index is -4.19. The third kappa shape index (κ3) is 3.72. The molecule has 0 aliphatic heterocycles. The molecule has 0 radical (unpaired) electrons. The highest BCUT2D eigenvalue weighted by atomic mass is 32.2. The molecule has 0 nitrogen and oxygen atoms in total. The maximum Gasteiger partial charge on any atom is 0.446 e. The first-order valence-corrected chi connectivity index (χ1v) is 4.52. The summed E-state index contributed by atoms with van der Waals surface area (Å²) in [5, 5.41) is 0. The standard InChI is InChI=1S/C9H9F3S/c1-6-3-7(2)5-8(4-6)13-9(10,11)12/h3-5H,1-2H3. The summed E-state index contributed by atoms with van der Waals surface area (Å²) in [6.45, 7) is 3.57. The maximum absolute atomic E-state index is 12.0. The van der Waals surface area contributed by atoms with Gasteiger partial charge in [0, 0.05) is 4.90 Å². The second kappa shape index (κ2) is 3.62. The number of thioether (sulfide) groups is 1. The molecule has 0 saturated carbocycles. The zero-order valence-corrected chi connectivity index (χ0v) is 8.09. The predicted molar refractivity (Wildman–Crippen MR) is 47.8 cm³/mol. The van der Waals surface area contributed by atoms with Gasteiger partial charge in [-0.3, -0.25) is 0 Å². The van der Waals surface area contributed by atoms with Crippen molar-refractivity contribution in [3.8, 4) is 0 Å². The van der Waals surface area contributed by atoms with E-state index in [-0.39, 0.29) is 16.7 Å². The molecule has 0 N–H and O–H groups in total. The Hall–Kier alpha value is -0.640. The van der Waals surface area contributed by atoms with E-state index in [1.165, 1.54) is 12.1 Å². The Labute approximate surface area is 79.1 Å². The molecule has 0 aliphatic carbocycles. The van der Waals surface area contributed by atoms with E-state index in [0.29, 0.717) is 0 Å². The van der Waals surface area contributed by atoms with Crippen molar-refractivity contribution < 1.29 is 13.2 Å². The minimum absolute atomic E-state index is 0.0709. The van der Waals surface area contributed by atoms with Crippen molar-refractivity contribution in [2.75, 3.05) is 0 Å². The number of alkyl halides is 3. The zero-order chi connectivity index (χ0) is 10.1. The lowest BCUT2D eigenvalue weighted by Crippen LogP contribution is -1.99. The molecule has 0 heterocycles. The highest BCUT2D eigenvalue weighted by Crippen LogP contribution is 2.37. The van der Waals surface area contributed by atoms with Crippen LogP contribution in [-0.2, 0) is 0 Å². The quantitative estimate of drug-likeness (QED) is 0.627. The van der Waals surface area contributed by atoms with Crippen LogP contribution >= 0.6 is 11.8 Å². The van der Waals surface area contributed by atoms with Crippen molar-refractivity contribution in [1.29, 1.82) is 0 Å². The minimum Gasteiger partial charge on any atom is -0.160 e. The zero-order valence-electron chi connectivity index (χ0n) is 7.27. The monoisotopic (exact) mass is 206 g/mol. The lowest BCUT2D eigenvalue weighted by Gasteiger charge is -2.06. The highest BCUT2D eigenvalue weighted by Gasteiger charge is 2.29. The van der Waals surface area contributed by atoms with Gasteiger partial charge in [-0.15, -0.1) is 0 Å². The maximum atomic E-state index is 12.0. The molecule has 0 aliphatic rings. The summed E-state index contributed by atoms with van der Waals surface area (Å²) in [6.07, 6.45) is 0. The number of halogens is 3. The van der Waals surface area contributed by atoms with Gasteiger partial charge in [0.15, 0.2) is 0 Å². The first-order valence-electron chi connectivity index (χ1n) is 3.71. The lowest BCUT2D eigenvalue weighted by molar-refractivity contribution is -0.0328. The molecular formula is C9H9F3S. The first-order chi connectivity index (χ1) is 5.87. The van der Waals surface area contributed by atoms with Crippen LogP contribution in [-0.4, -0.2) is 5.51 Å². The van der Waals surface area contributed by atoms with Gasteiger partial charge in [-0.2, -0.15) is 13.2 Å². The molecule has 0 atom stereocenters. The molecule has 0 unspecified atom stereocenters. The third-order valence-corrected chi connectivity index (χ3v) is 2.13. The van der Waals surface area contributed by atoms with Crippen molar-refractivity contribution in [3.63, 3.8) is 0 Å². The van der Waals surface area contributed by atoms with Crippen molar-refractivity contribution in [1.82, 2.24) is 0 Å². The Morgan fingerprint density at radius 3 is 1.85 bits per heavy atom. The van der Waals surface area contributed by atoms with E-state index in [9.17, 15) is 13.2 Å². The molecule has 72 valence electrons. The van der Waals surface area contributed by atoms with Crippen LogP contribution in [0.25, 0.3) is 0 Å². The Balaban J connectivity index is 2.90. The van der Waals surface area contributed by atoms with Crippen LogP contribution in [0.1, 0.15) is 11.1 Å². The van der Waals surface area contributed by atoms with E-state index in [1.54, 1.807) is 13.8 Å². The van der Waals surface area contributed by atoms with Crippen molar-refractivity contribution in [2.24, 2.45) is 0 Å². The van der Waals surface area contributed by atoms with Crippen LogP contribution in [0.5, 0.6) is 0 Å². The van der Waals surface area contributed by atoms with Gasteiger partial charge in [-0.1, -0.05) is 6.07 Å². The number of hydrogen-bond acceptors (Lipinski definition) is 1. The van der Waals surface area contributed by atoms with E-state index < -0.39 is 5.51 Å². The Kier molecular flexibility index (Phi) is 2.91. The summed E-state index contributed by atoms with van der Waals surface area (Å²) in [5.74, 6) is 0. The van der Waals surface area contributed by atoms with E-state index in [1.807, 2.05) is 6.07 Å². The third-order valence-electron chi connectivity index (χ3n) is 1.43. The van der Waals surface area contributed by atoms with Crippen LogP contribution in [0.2, 0.25) is 0 Å². The van der Waals surface area contributed by atoms with Gasteiger partial charge in [0.25, 0.3) is 0 Å². The summed E-state index contributed by atoms with van der Waals surface area (Å²) in [6, 6.07) is 4.91. The van der Waals surface area contributed by atoms with E-state index in [0.717, 1.165) is 11.1 Å². The molecule has 1 aromatic carbocycles. The average Bonchev–Trinajstić information content (AvgIpc) is 1.78. The lowest BCUT2D eigenvalue weighted by atomic mass is 10.2. The fourth-order valence-electron chi connectivity index (χ4n) is 1.13. The second-order valence-corrected chi connectivity index (χ2v) is 4.01. The van der Waals surface area contributed by atoms with Crippen LogP contribution in [0.4, 0.5) is 13.2 Å². The summed E-state index contributed by atoms with van der Waals surface area (Å²) < 4.78 is 35.9. The van der Waals surface area contributed by atoms with E-state index >= 15 is 0 Å². The highest BCUT2D eigenvalue weighted by molar-refractivity contribution is 8.00. The Morgan fingerprint density at radius 1 is 1.00 bits per heavy atom. The summed E-state index contributed by atoms with van der Waals surface area (Å²) in [7, 11) is 0. The van der Waals surface area contributed by atoms with Crippen LogP contribution < -0.4 is 0 Å².